The minimum absolute atomic E-state index is 0.00109. The summed E-state index contributed by atoms with van der Waals surface area (Å²) in [5.41, 5.74) is 1.68. The molecule has 1 amide bonds. The van der Waals surface area contributed by atoms with Crippen LogP contribution in [0, 0.1) is 13.8 Å². The highest BCUT2D eigenvalue weighted by molar-refractivity contribution is 5.86. The Morgan fingerprint density at radius 3 is 2.59 bits per heavy atom. The van der Waals surface area contributed by atoms with Crippen LogP contribution in [0.3, 0.4) is 0 Å². The van der Waals surface area contributed by atoms with E-state index >= 15 is 0 Å². The van der Waals surface area contributed by atoms with Gasteiger partial charge < -0.3 is 15.2 Å². The van der Waals surface area contributed by atoms with E-state index in [1.807, 2.05) is 44.7 Å². The summed E-state index contributed by atoms with van der Waals surface area (Å²) >= 11 is 0. The molecule has 0 aliphatic carbocycles. The smallest absolute Gasteiger partial charge is 0.240 e. The Bertz CT molecular complexity index is 522. The van der Waals surface area contributed by atoms with Crippen molar-refractivity contribution >= 4 is 5.91 Å². The van der Waals surface area contributed by atoms with Crippen molar-refractivity contribution in [1.29, 1.82) is 0 Å². The van der Waals surface area contributed by atoms with Gasteiger partial charge in [0.25, 0.3) is 0 Å². The van der Waals surface area contributed by atoms with Crippen LogP contribution in [-0.4, -0.2) is 53.8 Å². The number of benzene rings is 1. The third-order valence-corrected chi connectivity index (χ3v) is 4.08. The van der Waals surface area contributed by atoms with Gasteiger partial charge in [-0.2, -0.15) is 0 Å². The highest BCUT2D eigenvalue weighted by atomic mass is 16.5. The van der Waals surface area contributed by atoms with Crippen LogP contribution >= 0.6 is 0 Å². The summed E-state index contributed by atoms with van der Waals surface area (Å²) in [6.45, 7) is 9.78. The lowest BCUT2D eigenvalue weighted by atomic mass is 9.98. The zero-order valence-electron chi connectivity index (χ0n) is 13.8. The van der Waals surface area contributed by atoms with Crippen LogP contribution in [0.2, 0.25) is 0 Å². The number of aliphatic hydroxyl groups is 1. The molecule has 1 aromatic rings. The number of ether oxygens (including phenoxy) is 1. The topological polar surface area (TPSA) is 61.8 Å². The van der Waals surface area contributed by atoms with Crippen LogP contribution in [0.5, 0.6) is 5.75 Å². The van der Waals surface area contributed by atoms with Gasteiger partial charge in [-0.05, 0) is 51.0 Å². The van der Waals surface area contributed by atoms with E-state index in [0.717, 1.165) is 23.4 Å². The first-order valence-corrected chi connectivity index (χ1v) is 7.71. The molecule has 0 aromatic heterocycles. The fourth-order valence-electron chi connectivity index (χ4n) is 2.78. The van der Waals surface area contributed by atoms with E-state index in [9.17, 15) is 9.90 Å². The van der Waals surface area contributed by atoms with Gasteiger partial charge in [0, 0.05) is 19.6 Å². The average Bonchev–Trinajstić information content (AvgIpc) is 2.41. The maximum absolute atomic E-state index is 11.9. The average molecular weight is 306 g/mol. The van der Waals surface area contributed by atoms with Gasteiger partial charge in [-0.15, -0.1) is 0 Å². The summed E-state index contributed by atoms with van der Waals surface area (Å²) in [4.78, 5) is 13.9. The second-order valence-electron chi connectivity index (χ2n) is 6.55. The zero-order chi connectivity index (χ0) is 16.3. The van der Waals surface area contributed by atoms with Gasteiger partial charge in [0.2, 0.25) is 5.91 Å². The molecule has 1 unspecified atom stereocenters. The lowest BCUT2D eigenvalue weighted by Gasteiger charge is -2.41. The number of hydrogen-bond acceptors (Lipinski definition) is 4. The lowest BCUT2D eigenvalue weighted by Crippen LogP contribution is -2.63. The van der Waals surface area contributed by atoms with Gasteiger partial charge in [0.1, 0.15) is 18.5 Å². The van der Waals surface area contributed by atoms with E-state index in [-0.39, 0.29) is 12.5 Å². The molecule has 22 heavy (non-hydrogen) atoms. The predicted octanol–water partition coefficient (Wildman–Crippen LogP) is 1.25. The first-order chi connectivity index (χ1) is 10.3. The fourth-order valence-corrected chi connectivity index (χ4v) is 2.78. The van der Waals surface area contributed by atoms with Crippen LogP contribution in [-0.2, 0) is 4.79 Å². The fraction of sp³-hybridized carbons (Fsp3) is 0.588. The number of aliphatic hydroxyl groups excluding tert-OH is 1. The highest BCUT2D eigenvalue weighted by Gasteiger charge is 2.38. The summed E-state index contributed by atoms with van der Waals surface area (Å²) in [7, 11) is 0. The first-order valence-electron chi connectivity index (χ1n) is 7.71. The number of carbonyl (C=O) groups is 1. The number of nitrogens with zero attached hydrogens (tertiary/aromatic N) is 1. The predicted molar refractivity (Wildman–Crippen MR) is 86.1 cm³/mol. The third kappa shape index (κ3) is 3.99. The molecule has 1 heterocycles. The van der Waals surface area contributed by atoms with Crippen molar-refractivity contribution in [2.24, 2.45) is 0 Å². The Balaban J connectivity index is 1.90. The quantitative estimate of drug-likeness (QED) is 0.859. The number of β-amino-alcohol motifs (C(OH)–C–C–N with tert-alkyl or cyclic N) is 1. The van der Waals surface area contributed by atoms with E-state index < -0.39 is 11.6 Å². The molecule has 1 fully saturated rings. The van der Waals surface area contributed by atoms with Crippen LogP contribution in [0.1, 0.15) is 25.0 Å². The van der Waals surface area contributed by atoms with Gasteiger partial charge in [-0.1, -0.05) is 6.07 Å². The van der Waals surface area contributed by atoms with Crippen LogP contribution in [0.4, 0.5) is 0 Å². The number of piperazine rings is 1. The third-order valence-electron chi connectivity index (χ3n) is 4.08. The molecule has 1 aliphatic heterocycles. The van der Waals surface area contributed by atoms with Crippen molar-refractivity contribution in [3.8, 4) is 5.75 Å². The molecule has 0 radical (unpaired) electrons. The van der Waals surface area contributed by atoms with Crippen LogP contribution < -0.4 is 10.1 Å². The summed E-state index contributed by atoms with van der Waals surface area (Å²) < 4.78 is 5.69. The summed E-state index contributed by atoms with van der Waals surface area (Å²) in [6, 6.07) is 5.99. The summed E-state index contributed by atoms with van der Waals surface area (Å²) in [5, 5.41) is 13.1. The van der Waals surface area contributed by atoms with E-state index in [1.54, 1.807) is 0 Å². The van der Waals surface area contributed by atoms with Crippen molar-refractivity contribution in [3.05, 3.63) is 29.3 Å². The molecule has 1 atom stereocenters. The summed E-state index contributed by atoms with van der Waals surface area (Å²) in [6.07, 6.45) is -0.633. The van der Waals surface area contributed by atoms with Gasteiger partial charge >= 0.3 is 0 Å². The molecule has 0 saturated carbocycles. The minimum Gasteiger partial charge on any atom is -0.491 e. The van der Waals surface area contributed by atoms with Crippen molar-refractivity contribution in [2.75, 3.05) is 26.2 Å². The molecule has 1 saturated heterocycles. The minimum atomic E-state index is -0.633. The highest BCUT2D eigenvalue weighted by Crippen LogP contribution is 2.19. The van der Waals surface area contributed by atoms with Crippen LogP contribution in [0.25, 0.3) is 0 Å². The number of carbonyl (C=O) groups excluding carboxylic acids is 1. The van der Waals surface area contributed by atoms with Crippen molar-refractivity contribution in [2.45, 2.75) is 39.3 Å². The second kappa shape index (κ2) is 6.67. The molecule has 2 rings (SSSR count). The molecule has 0 spiro atoms. The second-order valence-corrected chi connectivity index (χ2v) is 6.55. The maximum Gasteiger partial charge on any atom is 0.240 e. The Labute approximate surface area is 132 Å². The van der Waals surface area contributed by atoms with Gasteiger partial charge in [0.15, 0.2) is 0 Å². The Kier molecular flexibility index (Phi) is 5.08. The SMILES string of the molecule is Cc1cc(C)cc(OCC(O)CN2CCNC(=O)C2(C)C)c1. The molecule has 0 bridgehead atoms. The molecule has 1 aliphatic rings. The van der Waals surface area contributed by atoms with Crippen molar-refractivity contribution in [1.82, 2.24) is 10.2 Å². The number of nitrogens with one attached hydrogen (secondary N) is 1. The lowest BCUT2D eigenvalue weighted by molar-refractivity contribution is -0.136. The number of rotatable bonds is 5. The molecule has 5 nitrogen and oxygen atoms in total. The van der Waals surface area contributed by atoms with Gasteiger partial charge in [-0.3, -0.25) is 9.69 Å². The Morgan fingerprint density at radius 2 is 1.95 bits per heavy atom. The normalized spacial score (nSPS) is 19.6. The molecule has 1 aromatic carbocycles. The standard InChI is InChI=1S/C17H26N2O3/c1-12-7-13(2)9-15(8-12)22-11-14(20)10-19-6-5-18-16(21)17(19,3)4/h7-9,14,20H,5-6,10-11H2,1-4H3,(H,18,21). The van der Waals surface area contributed by atoms with E-state index in [0.29, 0.717) is 13.1 Å². The largest absolute Gasteiger partial charge is 0.491 e. The maximum atomic E-state index is 11.9. The van der Waals surface area contributed by atoms with Gasteiger partial charge in [0.05, 0.1) is 5.54 Å². The van der Waals surface area contributed by atoms with E-state index in [2.05, 4.69) is 11.4 Å². The molecular weight excluding hydrogens is 280 g/mol. The monoisotopic (exact) mass is 306 g/mol. The number of hydrogen-bond donors (Lipinski definition) is 2. The van der Waals surface area contributed by atoms with E-state index in [1.165, 1.54) is 0 Å². The van der Waals surface area contributed by atoms with Gasteiger partial charge in [-0.25, -0.2) is 0 Å². The Morgan fingerprint density at radius 1 is 1.32 bits per heavy atom. The molecular formula is C17H26N2O3. The molecule has 5 heteroatoms. The van der Waals surface area contributed by atoms with Crippen molar-refractivity contribution < 1.29 is 14.6 Å². The Hall–Kier alpha value is -1.59. The first kappa shape index (κ1) is 16.8. The van der Waals surface area contributed by atoms with E-state index in [4.69, 9.17) is 4.74 Å². The summed E-state index contributed by atoms with van der Waals surface area (Å²) in [5.74, 6) is 0.772. The zero-order valence-corrected chi connectivity index (χ0v) is 13.8. The molecule has 2 N–H and O–H groups in total. The number of aryl methyl sites for hydroxylation is 2. The van der Waals surface area contributed by atoms with Crippen LogP contribution in [0.15, 0.2) is 18.2 Å². The number of amides is 1. The molecule has 122 valence electrons. The van der Waals surface area contributed by atoms with Crippen molar-refractivity contribution in [3.63, 3.8) is 0 Å².